The van der Waals surface area contributed by atoms with Gasteiger partial charge in [0, 0.05) is 4.47 Å². The number of nitrogens with two attached hydrogens (primary N) is 1. The highest BCUT2D eigenvalue weighted by Gasteiger charge is 2.13. The molecule has 15 heavy (non-hydrogen) atoms. The third kappa shape index (κ3) is 3.00. The van der Waals surface area contributed by atoms with E-state index in [1.807, 2.05) is 0 Å². The molecule has 80 valence electrons. The third-order valence-corrected chi connectivity index (χ3v) is 2.01. The molecule has 2 amide bonds. The number of anilines is 1. The van der Waals surface area contributed by atoms with Gasteiger partial charge in [0.1, 0.15) is 5.82 Å². The highest BCUT2D eigenvalue weighted by Crippen LogP contribution is 2.18. The van der Waals surface area contributed by atoms with Crippen LogP contribution in [-0.4, -0.2) is 11.8 Å². The number of amides is 2. The number of carbonyl (C=O) groups excluding carboxylic acids is 2. The van der Waals surface area contributed by atoms with Gasteiger partial charge < -0.3 is 5.32 Å². The summed E-state index contributed by atoms with van der Waals surface area (Å²) in [7, 11) is 0. The molecule has 0 spiro atoms. The number of carbonyl (C=O) groups is 2. The Morgan fingerprint density at radius 2 is 2.00 bits per heavy atom. The molecule has 1 aromatic carbocycles. The quantitative estimate of drug-likeness (QED) is 0.302. The Balaban J connectivity index is 2.81. The van der Waals surface area contributed by atoms with Gasteiger partial charge in [0.25, 0.3) is 0 Å². The molecule has 4 N–H and O–H groups in total. The molecule has 1 rings (SSSR count). The van der Waals surface area contributed by atoms with E-state index in [1.165, 1.54) is 12.1 Å². The number of benzene rings is 1. The first kappa shape index (κ1) is 11.6. The molecule has 0 aliphatic heterocycles. The van der Waals surface area contributed by atoms with E-state index in [0.717, 1.165) is 6.07 Å². The Kier molecular flexibility index (Phi) is 3.75. The van der Waals surface area contributed by atoms with Crippen LogP contribution < -0.4 is 16.6 Å². The van der Waals surface area contributed by atoms with E-state index in [1.54, 1.807) is 5.43 Å². The molecule has 5 nitrogen and oxygen atoms in total. The summed E-state index contributed by atoms with van der Waals surface area (Å²) in [5.74, 6) is 2.00. The van der Waals surface area contributed by atoms with E-state index >= 15 is 0 Å². The molecule has 0 atom stereocenters. The van der Waals surface area contributed by atoms with Crippen LogP contribution in [0.3, 0.4) is 0 Å². The molecule has 0 radical (unpaired) electrons. The fraction of sp³-hybridized carbons (Fsp3) is 0. The fourth-order valence-corrected chi connectivity index (χ4v) is 1.17. The molecule has 7 heteroatoms. The Labute approximate surface area is 92.9 Å². The van der Waals surface area contributed by atoms with Crippen molar-refractivity contribution in [2.45, 2.75) is 0 Å². The average molecular weight is 276 g/mol. The standard InChI is InChI=1S/C8H7BrFN3O2/c9-4-1-2-6(5(10)3-4)12-7(14)8(15)13-11/h1-3H,11H2,(H,12,14)(H,13,15). The topological polar surface area (TPSA) is 84.2 Å². The minimum absolute atomic E-state index is 0.0909. The van der Waals surface area contributed by atoms with Crippen LogP contribution in [0.25, 0.3) is 0 Å². The average Bonchev–Trinajstić information content (AvgIpc) is 2.20. The lowest BCUT2D eigenvalue weighted by Crippen LogP contribution is -2.39. The van der Waals surface area contributed by atoms with Gasteiger partial charge in [0.15, 0.2) is 0 Å². The second-order valence-corrected chi connectivity index (χ2v) is 3.47. The van der Waals surface area contributed by atoms with Crippen LogP contribution in [-0.2, 0) is 9.59 Å². The fourth-order valence-electron chi connectivity index (χ4n) is 0.835. The largest absolute Gasteiger partial charge is 0.323 e. The van der Waals surface area contributed by atoms with Crippen LogP contribution in [0.15, 0.2) is 22.7 Å². The van der Waals surface area contributed by atoms with Crippen molar-refractivity contribution >= 4 is 33.4 Å². The van der Waals surface area contributed by atoms with Crippen molar-refractivity contribution in [2.24, 2.45) is 5.84 Å². The summed E-state index contributed by atoms with van der Waals surface area (Å²) < 4.78 is 13.7. The lowest BCUT2D eigenvalue weighted by Gasteiger charge is -2.05. The van der Waals surface area contributed by atoms with Gasteiger partial charge in [-0.3, -0.25) is 15.0 Å². The zero-order valence-corrected chi connectivity index (χ0v) is 8.97. The van der Waals surface area contributed by atoms with E-state index in [0.29, 0.717) is 4.47 Å². The number of hydrogen-bond donors (Lipinski definition) is 3. The predicted molar refractivity (Wildman–Crippen MR) is 55.1 cm³/mol. The van der Waals surface area contributed by atoms with Gasteiger partial charge >= 0.3 is 11.8 Å². The first-order valence-corrected chi connectivity index (χ1v) is 4.61. The van der Waals surface area contributed by atoms with E-state index in [-0.39, 0.29) is 5.69 Å². The van der Waals surface area contributed by atoms with Gasteiger partial charge in [-0.25, -0.2) is 10.2 Å². The first-order valence-electron chi connectivity index (χ1n) is 3.81. The lowest BCUT2D eigenvalue weighted by atomic mass is 10.3. The molecule has 0 saturated heterocycles. The molecule has 0 aliphatic rings. The molecular weight excluding hydrogens is 269 g/mol. The smallest absolute Gasteiger partial charge is 0.315 e. The van der Waals surface area contributed by atoms with Crippen molar-refractivity contribution in [1.82, 2.24) is 5.43 Å². The second kappa shape index (κ2) is 4.85. The minimum atomic E-state index is -1.04. The molecule has 0 unspecified atom stereocenters. The summed E-state index contributed by atoms with van der Waals surface area (Å²) in [4.78, 5) is 21.7. The Morgan fingerprint density at radius 1 is 1.33 bits per heavy atom. The van der Waals surface area contributed by atoms with Crippen LogP contribution in [0, 0.1) is 5.82 Å². The minimum Gasteiger partial charge on any atom is -0.315 e. The number of nitrogens with one attached hydrogen (secondary N) is 2. The van der Waals surface area contributed by atoms with Crippen LogP contribution in [0.4, 0.5) is 10.1 Å². The maximum Gasteiger partial charge on any atom is 0.323 e. The second-order valence-electron chi connectivity index (χ2n) is 2.55. The highest BCUT2D eigenvalue weighted by molar-refractivity contribution is 9.10. The number of hydrogen-bond acceptors (Lipinski definition) is 3. The molecule has 0 fully saturated rings. The summed E-state index contributed by atoms with van der Waals surface area (Å²) in [6.07, 6.45) is 0. The molecule has 0 aromatic heterocycles. The SMILES string of the molecule is NNC(=O)C(=O)Nc1ccc(Br)cc1F. The maximum atomic E-state index is 13.2. The van der Waals surface area contributed by atoms with Gasteiger partial charge in [0.2, 0.25) is 0 Å². The number of rotatable bonds is 1. The van der Waals surface area contributed by atoms with Crippen molar-refractivity contribution in [3.63, 3.8) is 0 Å². The van der Waals surface area contributed by atoms with E-state index in [2.05, 4.69) is 21.2 Å². The molecule has 0 aliphatic carbocycles. The number of halogens is 2. The maximum absolute atomic E-state index is 13.2. The summed E-state index contributed by atoms with van der Waals surface area (Å²) in [5, 5.41) is 2.06. The van der Waals surface area contributed by atoms with Gasteiger partial charge in [-0.1, -0.05) is 15.9 Å². The van der Waals surface area contributed by atoms with Crippen molar-refractivity contribution in [1.29, 1.82) is 0 Å². The monoisotopic (exact) mass is 275 g/mol. The Hall–Kier alpha value is -1.47. The third-order valence-electron chi connectivity index (χ3n) is 1.52. The van der Waals surface area contributed by atoms with Crippen LogP contribution >= 0.6 is 15.9 Å². The van der Waals surface area contributed by atoms with Crippen LogP contribution in [0.1, 0.15) is 0 Å². The van der Waals surface area contributed by atoms with E-state index in [4.69, 9.17) is 5.84 Å². The number of hydrazine groups is 1. The van der Waals surface area contributed by atoms with Crippen LogP contribution in [0.5, 0.6) is 0 Å². The zero-order valence-electron chi connectivity index (χ0n) is 7.38. The van der Waals surface area contributed by atoms with Crippen molar-refractivity contribution in [3.8, 4) is 0 Å². The zero-order chi connectivity index (χ0) is 11.4. The highest BCUT2D eigenvalue weighted by atomic mass is 79.9. The van der Waals surface area contributed by atoms with Crippen LogP contribution in [0.2, 0.25) is 0 Å². The molecule has 1 aromatic rings. The van der Waals surface area contributed by atoms with E-state index in [9.17, 15) is 14.0 Å². The predicted octanol–water partition coefficient (Wildman–Crippen LogP) is 0.517. The summed E-state index contributed by atoms with van der Waals surface area (Å²) in [6, 6.07) is 4.01. The van der Waals surface area contributed by atoms with Gasteiger partial charge in [-0.05, 0) is 18.2 Å². The van der Waals surface area contributed by atoms with Gasteiger partial charge in [-0.2, -0.15) is 0 Å². The normalized spacial score (nSPS) is 9.53. The van der Waals surface area contributed by atoms with Crippen molar-refractivity contribution in [2.75, 3.05) is 5.32 Å². The molecule has 0 bridgehead atoms. The summed E-state index contributed by atoms with van der Waals surface area (Å²) in [6.45, 7) is 0. The van der Waals surface area contributed by atoms with Gasteiger partial charge in [-0.15, -0.1) is 0 Å². The van der Waals surface area contributed by atoms with Gasteiger partial charge in [0.05, 0.1) is 5.69 Å². The van der Waals surface area contributed by atoms with E-state index < -0.39 is 17.6 Å². The molecular formula is C8H7BrFN3O2. The van der Waals surface area contributed by atoms with Crippen molar-refractivity contribution in [3.05, 3.63) is 28.5 Å². The molecule has 0 heterocycles. The summed E-state index contributed by atoms with van der Waals surface area (Å²) >= 11 is 3.05. The Bertz CT molecular complexity index is 411. The lowest BCUT2D eigenvalue weighted by molar-refractivity contribution is -0.136. The first-order chi connectivity index (χ1) is 7.04. The van der Waals surface area contributed by atoms with Crippen molar-refractivity contribution < 1.29 is 14.0 Å². The Morgan fingerprint density at radius 3 is 2.53 bits per heavy atom. The summed E-state index contributed by atoms with van der Waals surface area (Å²) in [5.41, 5.74) is 1.54. The molecule has 0 saturated carbocycles.